The fourth-order valence-corrected chi connectivity index (χ4v) is 2.34. The highest BCUT2D eigenvalue weighted by molar-refractivity contribution is 5.74. The number of carbonyl (C=O) groups is 1. The van der Waals surface area contributed by atoms with Crippen LogP contribution in [0.2, 0.25) is 0 Å². The van der Waals surface area contributed by atoms with Crippen molar-refractivity contribution in [1.29, 1.82) is 0 Å². The largest absolute Gasteiger partial charge is 0.338 e. The van der Waals surface area contributed by atoms with Gasteiger partial charge in [0.1, 0.15) is 0 Å². The van der Waals surface area contributed by atoms with E-state index >= 15 is 0 Å². The molecule has 1 atom stereocenters. The number of unbranched alkanes of at least 4 members (excludes halogenated alkanes) is 1. The molecule has 2 amide bonds. The molecule has 2 N–H and O–H groups in total. The van der Waals surface area contributed by atoms with E-state index in [9.17, 15) is 4.79 Å². The lowest BCUT2D eigenvalue weighted by molar-refractivity contribution is 0.185. The number of rotatable bonds is 7. The molecule has 18 heavy (non-hydrogen) atoms. The Labute approximate surface area is 111 Å². The van der Waals surface area contributed by atoms with Crippen molar-refractivity contribution in [3.05, 3.63) is 0 Å². The summed E-state index contributed by atoms with van der Waals surface area (Å²) in [5.41, 5.74) is 0. The van der Waals surface area contributed by atoms with Gasteiger partial charge in [-0.05, 0) is 31.7 Å². The highest BCUT2D eigenvalue weighted by Gasteiger charge is 2.21. The van der Waals surface area contributed by atoms with Crippen LogP contribution < -0.4 is 10.6 Å². The molecule has 1 fully saturated rings. The summed E-state index contributed by atoms with van der Waals surface area (Å²) in [6, 6.07) is 0.589. The van der Waals surface area contributed by atoms with Gasteiger partial charge in [-0.25, -0.2) is 4.79 Å². The van der Waals surface area contributed by atoms with E-state index in [-0.39, 0.29) is 6.03 Å². The van der Waals surface area contributed by atoms with Gasteiger partial charge in [0.05, 0.1) is 0 Å². The first kappa shape index (κ1) is 15.3. The van der Waals surface area contributed by atoms with Crippen LogP contribution in [0, 0.1) is 5.92 Å². The molecule has 1 unspecified atom stereocenters. The molecule has 1 aliphatic rings. The minimum absolute atomic E-state index is 0.103. The SMILES string of the molecule is CCCCNC(=O)N(CC(C)C)CC1CCCN1. The van der Waals surface area contributed by atoms with Crippen molar-refractivity contribution in [3.63, 3.8) is 0 Å². The summed E-state index contributed by atoms with van der Waals surface area (Å²) >= 11 is 0. The van der Waals surface area contributed by atoms with Gasteiger partial charge in [-0.2, -0.15) is 0 Å². The normalized spacial score (nSPS) is 19.2. The molecule has 0 aliphatic carbocycles. The predicted molar refractivity (Wildman–Crippen MR) is 75.7 cm³/mol. The lowest BCUT2D eigenvalue weighted by atomic mass is 10.1. The van der Waals surface area contributed by atoms with Crippen LogP contribution in [0.4, 0.5) is 4.79 Å². The van der Waals surface area contributed by atoms with Crippen LogP contribution >= 0.6 is 0 Å². The average Bonchev–Trinajstić information content (AvgIpc) is 2.80. The Morgan fingerprint density at radius 1 is 1.50 bits per heavy atom. The van der Waals surface area contributed by atoms with Gasteiger partial charge in [0.15, 0.2) is 0 Å². The first-order valence-corrected chi connectivity index (χ1v) is 7.39. The van der Waals surface area contributed by atoms with Crippen LogP contribution in [0.1, 0.15) is 46.5 Å². The molecule has 0 radical (unpaired) electrons. The summed E-state index contributed by atoms with van der Waals surface area (Å²) < 4.78 is 0. The van der Waals surface area contributed by atoms with Gasteiger partial charge >= 0.3 is 6.03 Å². The summed E-state index contributed by atoms with van der Waals surface area (Å²) in [4.78, 5) is 14.1. The number of urea groups is 1. The maximum Gasteiger partial charge on any atom is 0.317 e. The Kier molecular flexibility index (Phi) is 7.09. The topological polar surface area (TPSA) is 44.4 Å². The zero-order chi connectivity index (χ0) is 13.4. The zero-order valence-corrected chi connectivity index (χ0v) is 12.2. The Balaban J connectivity index is 2.39. The van der Waals surface area contributed by atoms with Gasteiger partial charge in [-0.15, -0.1) is 0 Å². The highest BCUT2D eigenvalue weighted by atomic mass is 16.2. The third kappa shape index (κ3) is 5.71. The number of hydrogen-bond acceptors (Lipinski definition) is 2. The molecule has 4 heteroatoms. The molecule has 0 aromatic carbocycles. The van der Waals surface area contributed by atoms with E-state index in [1.165, 1.54) is 12.8 Å². The summed E-state index contributed by atoms with van der Waals surface area (Å²) in [7, 11) is 0. The predicted octanol–water partition coefficient (Wildman–Crippen LogP) is 2.21. The van der Waals surface area contributed by atoms with Crippen LogP contribution in [-0.2, 0) is 0 Å². The fourth-order valence-electron chi connectivity index (χ4n) is 2.34. The smallest absolute Gasteiger partial charge is 0.317 e. The summed E-state index contributed by atoms with van der Waals surface area (Å²) in [6.07, 6.45) is 4.60. The second kappa shape index (κ2) is 8.35. The Morgan fingerprint density at radius 2 is 2.28 bits per heavy atom. The molecule has 0 aromatic rings. The molecule has 1 aliphatic heterocycles. The van der Waals surface area contributed by atoms with Crippen LogP contribution in [-0.4, -0.2) is 43.2 Å². The van der Waals surface area contributed by atoms with Gasteiger partial charge in [0.2, 0.25) is 0 Å². The quantitative estimate of drug-likeness (QED) is 0.685. The number of nitrogens with one attached hydrogen (secondary N) is 2. The second-order valence-electron chi connectivity index (χ2n) is 5.68. The molecule has 106 valence electrons. The number of nitrogens with zero attached hydrogens (tertiary/aromatic N) is 1. The van der Waals surface area contributed by atoms with Crippen molar-refractivity contribution in [1.82, 2.24) is 15.5 Å². The minimum Gasteiger partial charge on any atom is -0.338 e. The molecular formula is C14H29N3O. The second-order valence-corrected chi connectivity index (χ2v) is 5.68. The van der Waals surface area contributed by atoms with E-state index in [4.69, 9.17) is 0 Å². The number of hydrogen-bond donors (Lipinski definition) is 2. The van der Waals surface area contributed by atoms with Gasteiger partial charge in [-0.1, -0.05) is 27.2 Å². The van der Waals surface area contributed by atoms with Crippen LogP contribution in [0.15, 0.2) is 0 Å². The Hall–Kier alpha value is -0.770. The van der Waals surface area contributed by atoms with E-state index in [1.54, 1.807) is 0 Å². The standard InChI is InChI=1S/C14H29N3O/c1-4-5-8-16-14(18)17(10-12(2)3)11-13-7-6-9-15-13/h12-13,15H,4-11H2,1-3H3,(H,16,18). The molecular weight excluding hydrogens is 226 g/mol. The monoisotopic (exact) mass is 255 g/mol. The molecule has 4 nitrogen and oxygen atoms in total. The van der Waals surface area contributed by atoms with E-state index < -0.39 is 0 Å². The van der Waals surface area contributed by atoms with Crippen molar-refractivity contribution >= 4 is 6.03 Å². The van der Waals surface area contributed by atoms with Gasteiger partial charge < -0.3 is 15.5 Å². The van der Waals surface area contributed by atoms with Crippen LogP contribution in [0.5, 0.6) is 0 Å². The van der Waals surface area contributed by atoms with Gasteiger partial charge in [0, 0.05) is 25.7 Å². The van der Waals surface area contributed by atoms with E-state index in [2.05, 4.69) is 31.4 Å². The fraction of sp³-hybridized carbons (Fsp3) is 0.929. The third-order valence-electron chi connectivity index (χ3n) is 3.28. The van der Waals surface area contributed by atoms with E-state index in [0.717, 1.165) is 39.0 Å². The molecule has 1 saturated heterocycles. The van der Waals surface area contributed by atoms with Crippen LogP contribution in [0.25, 0.3) is 0 Å². The molecule has 0 spiro atoms. The molecule has 1 rings (SSSR count). The van der Waals surface area contributed by atoms with E-state index in [0.29, 0.717) is 12.0 Å². The molecule has 0 saturated carbocycles. The summed E-state index contributed by atoms with van der Waals surface area (Å²) in [5, 5.41) is 6.48. The van der Waals surface area contributed by atoms with E-state index in [1.807, 2.05) is 4.90 Å². The summed E-state index contributed by atoms with van der Waals surface area (Å²) in [6.45, 7) is 10.0. The van der Waals surface area contributed by atoms with Crippen molar-refractivity contribution < 1.29 is 4.79 Å². The third-order valence-corrected chi connectivity index (χ3v) is 3.28. The minimum atomic E-state index is 0.103. The van der Waals surface area contributed by atoms with Gasteiger partial charge in [-0.3, -0.25) is 0 Å². The molecule has 1 heterocycles. The van der Waals surface area contributed by atoms with Crippen molar-refractivity contribution in [2.24, 2.45) is 5.92 Å². The lowest BCUT2D eigenvalue weighted by Crippen LogP contribution is -2.47. The first-order valence-electron chi connectivity index (χ1n) is 7.39. The van der Waals surface area contributed by atoms with Gasteiger partial charge in [0.25, 0.3) is 0 Å². The van der Waals surface area contributed by atoms with Crippen LogP contribution in [0.3, 0.4) is 0 Å². The van der Waals surface area contributed by atoms with Crippen molar-refractivity contribution in [2.45, 2.75) is 52.5 Å². The Morgan fingerprint density at radius 3 is 2.83 bits per heavy atom. The first-order chi connectivity index (χ1) is 8.63. The highest BCUT2D eigenvalue weighted by Crippen LogP contribution is 2.09. The average molecular weight is 255 g/mol. The maximum atomic E-state index is 12.1. The summed E-state index contributed by atoms with van der Waals surface area (Å²) in [5.74, 6) is 0.517. The Bertz CT molecular complexity index is 237. The number of carbonyl (C=O) groups excluding carboxylic acids is 1. The molecule has 0 aromatic heterocycles. The van der Waals surface area contributed by atoms with Crippen molar-refractivity contribution in [3.8, 4) is 0 Å². The number of amides is 2. The molecule has 0 bridgehead atoms. The van der Waals surface area contributed by atoms with Crippen molar-refractivity contribution in [2.75, 3.05) is 26.2 Å². The maximum absolute atomic E-state index is 12.1. The zero-order valence-electron chi connectivity index (χ0n) is 12.2. The lowest BCUT2D eigenvalue weighted by Gasteiger charge is -2.27.